The van der Waals surface area contributed by atoms with Gasteiger partial charge in [-0.3, -0.25) is 9.59 Å². The lowest BCUT2D eigenvalue weighted by atomic mass is 9.33. The van der Waals surface area contributed by atoms with Crippen molar-refractivity contribution in [3.63, 3.8) is 0 Å². The van der Waals surface area contributed by atoms with Crippen molar-refractivity contribution in [1.82, 2.24) is 0 Å². The Bertz CT molecular complexity index is 984. The first-order chi connectivity index (χ1) is 16.1. The molecule has 35 heavy (non-hydrogen) atoms. The highest BCUT2D eigenvalue weighted by molar-refractivity contribution is 5.95. The molecule has 0 heterocycles. The molecule has 0 saturated heterocycles. The molecule has 0 aromatic rings. The molecule has 0 radical (unpaired) electrons. The van der Waals surface area contributed by atoms with E-state index in [1.165, 1.54) is 19.1 Å². The Morgan fingerprint density at radius 3 is 2.26 bits per heavy atom. The normalized spacial score (nSPS) is 52.8. The maximum atomic E-state index is 14.3. The maximum absolute atomic E-state index is 14.3. The van der Waals surface area contributed by atoms with Gasteiger partial charge in [0.15, 0.2) is 5.78 Å². The number of carbonyl (C=O) groups is 2. The summed E-state index contributed by atoms with van der Waals surface area (Å²) < 4.78 is 5.26. The molecule has 4 saturated carbocycles. The zero-order chi connectivity index (χ0) is 25.8. The monoisotopic (exact) mass is 483 g/mol. The SMILES string of the molecule is COC(=O)[C@@]1(C)CC[C@]2(C)CC[C@]3(C)C(=CC(=O)[C@@H]4[C@@]5(C)CCC(N)C(C)(C)[C@@H]5CC[C@]43C)[C@@H]2C1. The standard InChI is InChI=1S/C31H49NO3/c1-26(2)22-9-12-31(7)24(29(22,5)11-10-23(26)32)21(33)17-19-20-18-28(4,25(34)35-8)14-13-27(20,3)15-16-30(19,31)6/h17,20,22-24H,9-16,18,32H2,1-8H3/t20-,22-,23?,24+,27+,28-,29-,30+,31+/m0/s1. The largest absolute Gasteiger partial charge is 0.469 e. The summed E-state index contributed by atoms with van der Waals surface area (Å²) in [5.41, 5.74) is 7.68. The smallest absolute Gasteiger partial charge is 0.311 e. The lowest BCUT2D eigenvalue weighted by Crippen LogP contribution is -2.67. The van der Waals surface area contributed by atoms with E-state index in [9.17, 15) is 9.59 Å². The third-order valence-corrected chi connectivity index (χ3v) is 13.4. The quantitative estimate of drug-likeness (QED) is 0.434. The summed E-state index contributed by atoms with van der Waals surface area (Å²) in [6.45, 7) is 16.6. The highest BCUT2D eigenvalue weighted by atomic mass is 16.5. The molecule has 0 bridgehead atoms. The summed E-state index contributed by atoms with van der Waals surface area (Å²) >= 11 is 0. The molecular weight excluding hydrogens is 434 g/mol. The fourth-order valence-corrected chi connectivity index (χ4v) is 10.6. The van der Waals surface area contributed by atoms with Gasteiger partial charge >= 0.3 is 5.97 Å². The number of hydrogen-bond acceptors (Lipinski definition) is 4. The van der Waals surface area contributed by atoms with Crippen molar-refractivity contribution < 1.29 is 14.3 Å². The van der Waals surface area contributed by atoms with Crippen molar-refractivity contribution in [3.05, 3.63) is 11.6 Å². The molecule has 5 aliphatic carbocycles. The van der Waals surface area contributed by atoms with E-state index < -0.39 is 5.41 Å². The third-order valence-electron chi connectivity index (χ3n) is 13.4. The second-order valence-corrected chi connectivity index (χ2v) is 15.2. The first kappa shape index (κ1) is 25.5. The minimum absolute atomic E-state index is 0.0116. The van der Waals surface area contributed by atoms with Crippen LogP contribution in [0.25, 0.3) is 0 Å². The molecule has 0 aliphatic heterocycles. The predicted octanol–water partition coefficient (Wildman–Crippen LogP) is 6.47. The molecule has 4 nitrogen and oxygen atoms in total. The summed E-state index contributed by atoms with van der Waals surface area (Å²) in [6.07, 6.45) is 11.4. The Balaban J connectivity index is 1.61. The molecule has 4 heteroatoms. The molecular formula is C31H49NO3. The van der Waals surface area contributed by atoms with Crippen LogP contribution < -0.4 is 5.73 Å². The van der Waals surface area contributed by atoms with Crippen LogP contribution in [0.2, 0.25) is 0 Å². The van der Waals surface area contributed by atoms with Crippen LogP contribution in [-0.2, 0) is 14.3 Å². The van der Waals surface area contributed by atoms with E-state index in [4.69, 9.17) is 10.5 Å². The molecule has 1 unspecified atom stereocenters. The number of hydrogen-bond donors (Lipinski definition) is 1. The number of rotatable bonds is 1. The number of allylic oxidation sites excluding steroid dienone is 2. The zero-order valence-electron chi connectivity index (χ0n) is 23.6. The number of carbonyl (C=O) groups excluding carboxylic acids is 2. The second kappa shape index (κ2) is 7.45. The van der Waals surface area contributed by atoms with Gasteiger partial charge in [0.05, 0.1) is 12.5 Å². The van der Waals surface area contributed by atoms with Gasteiger partial charge in [-0.25, -0.2) is 0 Å². The average Bonchev–Trinajstić information content (AvgIpc) is 2.78. The summed E-state index contributed by atoms with van der Waals surface area (Å²) in [4.78, 5) is 27.1. The Morgan fingerprint density at radius 2 is 1.60 bits per heavy atom. The van der Waals surface area contributed by atoms with Crippen LogP contribution in [0.5, 0.6) is 0 Å². The zero-order valence-corrected chi connectivity index (χ0v) is 23.6. The lowest BCUT2D eigenvalue weighted by molar-refractivity contribution is -0.188. The number of ether oxygens (including phenoxy) is 1. The van der Waals surface area contributed by atoms with Crippen LogP contribution in [-0.4, -0.2) is 24.9 Å². The second-order valence-electron chi connectivity index (χ2n) is 15.2. The maximum Gasteiger partial charge on any atom is 0.311 e. The van der Waals surface area contributed by atoms with Crippen molar-refractivity contribution in [2.45, 2.75) is 112 Å². The summed E-state index contributed by atoms with van der Waals surface area (Å²) in [7, 11) is 1.51. The van der Waals surface area contributed by atoms with E-state index in [0.717, 1.165) is 51.4 Å². The molecule has 0 aromatic heterocycles. The Labute approximate surface area is 213 Å². The van der Waals surface area contributed by atoms with E-state index in [1.807, 2.05) is 0 Å². The van der Waals surface area contributed by atoms with Crippen LogP contribution >= 0.6 is 0 Å². The van der Waals surface area contributed by atoms with Crippen molar-refractivity contribution in [1.29, 1.82) is 0 Å². The molecule has 2 N–H and O–H groups in total. The number of methoxy groups -OCH3 is 1. The molecule has 5 rings (SSSR count). The minimum Gasteiger partial charge on any atom is -0.469 e. The number of nitrogens with two attached hydrogens (primary N) is 1. The Hall–Kier alpha value is -1.16. The topological polar surface area (TPSA) is 69.4 Å². The van der Waals surface area contributed by atoms with Crippen LogP contribution in [0, 0.1) is 50.2 Å². The van der Waals surface area contributed by atoms with E-state index in [0.29, 0.717) is 11.7 Å². The Morgan fingerprint density at radius 1 is 0.943 bits per heavy atom. The fourth-order valence-electron chi connectivity index (χ4n) is 10.6. The average molecular weight is 484 g/mol. The van der Waals surface area contributed by atoms with E-state index in [2.05, 4.69) is 54.5 Å². The molecule has 0 aromatic carbocycles. The van der Waals surface area contributed by atoms with Gasteiger partial charge in [0, 0.05) is 12.0 Å². The van der Waals surface area contributed by atoms with E-state index >= 15 is 0 Å². The van der Waals surface area contributed by atoms with Gasteiger partial charge in [0.2, 0.25) is 0 Å². The Kier molecular flexibility index (Phi) is 5.43. The first-order valence-corrected chi connectivity index (χ1v) is 14.2. The molecule has 196 valence electrons. The van der Waals surface area contributed by atoms with Gasteiger partial charge in [-0.1, -0.05) is 47.1 Å². The molecule has 0 spiro atoms. The van der Waals surface area contributed by atoms with Gasteiger partial charge in [0.1, 0.15) is 0 Å². The number of fused-ring (bicyclic) bond motifs is 7. The lowest BCUT2D eigenvalue weighted by Gasteiger charge is -2.70. The van der Waals surface area contributed by atoms with Crippen LogP contribution in [0.3, 0.4) is 0 Å². The van der Waals surface area contributed by atoms with Crippen LogP contribution in [0.1, 0.15) is 106 Å². The third kappa shape index (κ3) is 3.07. The van der Waals surface area contributed by atoms with Gasteiger partial charge in [-0.05, 0) is 110 Å². The van der Waals surface area contributed by atoms with Crippen molar-refractivity contribution in [2.24, 2.45) is 56.0 Å². The van der Waals surface area contributed by atoms with Crippen LogP contribution in [0.15, 0.2) is 11.6 Å². The molecule has 5 aliphatic rings. The highest BCUT2D eigenvalue weighted by Gasteiger charge is 2.70. The minimum atomic E-state index is -0.466. The van der Waals surface area contributed by atoms with E-state index in [-0.39, 0.29) is 50.9 Å². The molecule has 0 amide bonds. The van der Waals surface area contributed by atoms with Gasteiger partial charge in [-0.15, -0.1) is 0 Å². The van der Waals surface area contributed by atoms with Gasteiger partial charge in [-0.2, -0.15) is 0 Å². The highest BCUT2D eigenvalue weighted by Crippen LogP contribution is 2.75. The molecule has 4 fully saturated rings. The van der Waals surface area contributed by atoms with Gasteiger partial charge < -0.3 is 10.5 Å². The number of esters is 1. The number of ketones is 1. The van der Waals surface area contributed by atoms with E-state index in [1.54, 1.807) is 0 Å². The van der Waals surface area contributed by atoms with Crippen LogP contribution in [0.4, 0.5) is 0 Å². The summed E-state index contributed by atoms with van der Waals surface area (Å²) in [5.74, 6) is 1.06. The predicted molar refractivity (Wildman–Crippen MR) is 139 cm³/mol. The van der Waals surface area contributed by atoms with Crippen molar-refractivity contribution >= 4 is 11.8 Å². The first-order valence-electron chi connectivity index (χ1n) is 14.2. The van der Waals surface area contributed by atoms with Gasteiger partial charge in [0.25, 0.3) is 0 Å². The fraction of sp³-hybridized carbons (Fsp3) is 0.871. The summed E-state index contributed by atoms with van der Waals surface area (Å²) in [5, 5.41) is 0. The van der Waals surface area contributed by atoms with Crippen molar-refractivity contribution in [2.75, 3.05) is 7.11 Å². The van der Waals surface area contributed by atoms with Crippen molar-refractivity contribution in [3.8, 4) is 0 Å². The molecule has 9 atom stereocenters. The summed E-state index contributed by atoms with van der Waals surface area (Å²) in [6, 6.07) is 0.207.